The molecule has 1 aromatic carbocycles. The van der Waals surface area contributed by atoms with Crippen molar-refractivity contribution in [2.45, 2.75) is 20.0 Å². The Morgan fingerprint density at radius 1 is 1.29 bits per heavy atom. The molecule has 118 valence electrons. The highest BCUT2D eigenvalue weighted by molar-refractivity contribution is 7.13. The smallest absolute Gasteiger partial charge is 0.150 e. The van der Waals surface area contributed by atoms with E-state index in [1.165, 1.54) is 0 Å². The summed E-state index contributed by atoms with van der Waals surface area (Å²) in [5, 5.41) is 11.1. The van der Waals surface area contributed by atoms with Gasteiger partial charge in [0.05, 0.1) is 34.1 Å². The number of hydrogen-bond donors (Lipinski definition) is 0. The lowest BCUT2D eigenvalue weighted by Crippen LogP contribution is -2.08. The van der Waals surface area contributed by atoms with Gasteiger partial charge in [-0.3, -0.25) is 0 Å². The highest BCUT2D eigenvalue weighted by Crippen LogP contribution is 2.24. The monoisotopic (exact) mass is 333 g/mol. The molecule has 4 rings (SSSR count). The second kappa shape index (κ2) is 5.95. The fourth-order valence-electron chi connectivity index (χ4n) is 2.94. The molecule has 0 aliphatic carbocycles. The molecule has 3 aromatic heterocycles. The Kier molecular flexibility index (Phi) is 3.63. The maximum absolute atomic E-state index is 9.08. The first-order chi connectivity index (χ1) is 11.8. The Morgan fingerprint density at radius 3 is 2.96 bits per heavy atom. The number of rotatable bonds is 4. The third-order valence-corrected chi connectivity index (χ3v) is 4.91. The van der Waals surface area contributed by atoms with Gasteiger partial charge in [-0.1, -0.05) is 6.07 Å². The fraction of sp³-hybridized carbons (Fsp3) is 0.167. The summed E-state index contributed by atoms with van der Waals surface area (Å²) in [5.74, 6) is 1.93. The summed E-state index contributed by atoms with van der Waals surface area (Å²) >= 11 is 1.68. The number of aryl methyl sites for hydroxylation is 1. The Labute approximate surface area is 143 Å². The maximum Gasteiger partial charge on any atom is 0.150 e. The molecule has 4 aromatic rings. The molecule has 5 nitrogen and oxygen atoms in total. The number of nitrogens with zero attached hydrogens (tertiary/aromatic N) is 5. The molecule has 3 heterocycles. The van der Waals surface area contributed by atoms with E-state index in [4.69, 9.17) is 10.2 Å². The van der Waals surface area contributed by atoms with E-state index < -0.39 is 0 Å². The second-order valence-electron chi connectivity index (χ2n) is 5.44. The molecule has 0 saturated heterocycles. The van der Waals surface area contributed by atoms with Gasteiger partial charge in [0, 0.05) is 18.9 Å². The minimum absolute atomic E-state index is 0.636. The first-order valence-electron chi connectivity index (χ1n) is 7.74. The van der Waals surface area contributed by atoms with Crippen molar-refractivity contribution in [3.8, 4) is 16.8 Å². The molecule has 0 aliphatic rings. The Bertz CT molecular complexity index is 1030. The normalized spacial score (nSPS) is 11.0. The third kappa shape index (κ3) is 2.39. The summed E-state index contributed by atoms with van der Waals surface area (Å²) < 4.78 is 4.30. The number of imidazole rings is 2. The Balaban J connectivity index is 1.78. The maximum atomic E-state index is 9.08. The van der Waals surface area contributed by atoms with Gasteiger partial charge in [-0.05, 0) is 36.6 Å². The zero-order valence-corrected chi connectivity index (χ0v) is 14.0. The molecule has 24 heavy (non-hydrogen) atoms. The molecule has 0 unspecified atom stereocenters. The van der Waals surface area contributed by atoms with Crippen LogP contribution >= 0.6 is 11.3 Å². The lowest BCUT2D eigenvalue weighted by atomic mass is 10.2. The van der Waals surface area contributed by atoms with Gasteiger partial charge in [-0.2, -0.15) is 5.26 Å². The average molecular weight is 333 g/mol. The van der Waals surface area contributed by atoms with Gasteiger partial charge in [0.2, 0.25) is 0 Å². The van der Waals surface area contributed by atoms with Crippen LogP contribution in [0, 0.1) is 11.3 Å². The summed E-state index contributed by atoms with van der Waals surface area (Å²) in [6.45, 7) is 3.59. The van der Waals surface area contributed by atoms with E-state index in [2.05, 4.69) is 38.6 Å². The van der Waals surface area contributed by atoms with Gasteiger partial charge in [0.15, 0.2) is 0 Å². The van der Waals surface area contributed by atoms with E-state index in [0.29, 0.717) is 12.1 Å². The van der Waals surface area contributed by atoms with Crippen LogP contribution in [0.1, 0.15) is 18.3 Å². The van der Waals surface area contributed by atoms with E-state index in [1.54, 1.807) is 11.3 Å². The predicted octanol–water partition coefficient (Wildman–Crippen LogP) is 3.90. The summed E-state index contributed by atoms with van der Waals surface area (Å²) in [5.41, 5.74) is 2.56. The lowest BCUT2D eigenvalue weighted by molar-refractivity contribution is 0.668. The van der Waals surface area contributed by atoms with Crippen LogP contribution in [0.5, 0.6) is 0 Å². The van der Waals surface area contributed by atoms with Crippen molar-refractivity contribution in [1.82, 2.24) is 19.1 Å². The summed E-state index contributed by atoms with van der Waals surface area (Å²) in [6.07, 6.45) is 3.80. The van der Waals surface area contributed by atoms with Gasteiger partial charge < -0.3 is 9.13 Å². The Hall–Kier alpha value is -2.91. The zero-order valence-electron chi connectivity index (χ0n) is 13.2. The molecule has 0 fully saturated rings. The van der Waals surface area contributed by atoms with Crippen LogP contribution in [0.15, 0.2) is 48.1 Å². The summed E-state index contributed by atoms with van der Waals surface area (Å²) in [7, 11) is 0. The summed E-state index contributed by atoms with van der Waals surface area (Å²) in [4.78, 5) is 10.4. The van der Waals surface area contributed by atoms with E-state index >= 15 is 0 Å². The van der Waals surface area contributed by atoms with Crippen LogP contribution in [-0.2, 0) is 13.1 Å². The molecule has 0 radical (unpaired) electrons. The highest BCUT2D eigenvalue weighted by Gasteiger charge is 2.13. The molecule has 0 aliphatic heterocycles. The SMILES string of the molecule is CCn1c(Cn2ccnc2-c2cccs2)nc2cc(C#N)ccc21. The largest absolute Gasteiger partial charge is 0.327 e. The van der Waals surface area contributed by atoms with Crippen LogP contribution in [0.2, 0.25) is 0 Å². The second-order valence-corrected chi connectivity index (χ2v) is 6.39. The highest BCUT2D eigenvalue weighted by atomic mass is 32.1. The predicted molar refractivity (Wildman–Crippen MR) is 94.8 cm³/mol. The number of aromatic nitrogens is 4. The van der Waals surface area contributed by atoms with Crippen LogP contribution in [0.25, 0.3) is 21.7 Å². The van der Waals surface area contributed by atoms with Gasteiger partial charge in [-0.15, -0.1) is 11.3 Å². The summed E-state index contributed by atoms with van der Waals surface area (Å²) in [6, 6.07) is 11.9. The molecule has 0 atom stereocenters. The Morgan fingerprint density at radius 2 is 2.21 bits per heavy atom. The fourth-order valence-corrected chi connectivity index (χ4v) is 3.68. The first-order valence-corrected chi connectivity index (χ1v) is 8.62. The minimum Gasteiger partial charge on any atom is -0.327 e. The van der Waals surface area contributed by atoms with Gasteiger partial charge in [0.1, 0.15) is 11.6 Å². The molecular weight excluding hydrogens is 318 g/mol. The van der Waals surface area contributed by atoms with E-state index in [9.17, 15) is 0 Å². The number of hydrogen-bond acceptors (Lipinski definition) is 4. The van der Waals surface area contributed by atoms with Gasteiger partial charge in [-0.25, -0.2) is 9.97 Å². The van der Waals surface area contributed by atoms with E-state index in [0.717, 1.165) is 34.1 Å². The standard InChI is InChI=1S/C18H15N5S/c1-2-23-15-6-5-13(11-19)10-14(15)21-17(23)12-22-8-7-20-18(22)16-4-3-9-24-16/h3-10H,2,12H2,1H3. The number of fused-ring (bicyclic) bond motifs is 1. The molecule has 6 heteroatoms. The number of benzene rings is 1. The average Bonchev–Trinajstić information content (AvgIpc) is 3.33. The third-order valence-electron chi connectivity index (χ3n) is 4.04. The van der Waals surface area contributed by atoms with Crippen LogP contribution in [0.3, 0.4) is 0 Å². The first kappa shape index (κ1) is 14.7. The minimum atomic E-state index is 0.636. The van der Waals surface area contributed by atoms with Crippen molar-refractivity contribution in [2.75, 3.05) is 0 Å². The van der Waals surface area contributed by atoms with E-state index in [-0.39, 0.29) is 0 Å². The zero-order chi connectivity index (χ0) is 16.5. The van der Waals surface area contributed by atoms with Crippen molar-refractivity contribution >= 4 is 22.4 Å². The number of thiophene rings is 1. The van der Waals surface area contributed by atoms with Gasteiger partial charge in [0.25, 0.3) is 0 Å². The van der Waals surface area contributed by atoms with E-state index in [1.807, 2.05) is 36.7 Å². The van der Waals surface area contributed by atoms with Crippen molar-refractivity contribution in [2.24, 2.45) is 0 Å². The number of nitriles is 1. The molecule has 0 spiro atoms. The molecule has 0 bridgehead atoms. The van der Waals surface area contributed by atoms with Crippen molar-refractivity contribution in [3.05, 3.63) is 59.5 Å². The quantitative estimate of drug-likeness (QED) is 0.569. The van der Waals surface area contributed by atoms with Crippen LogP contribution < -0.4 is 0 Å². The topological polar surface area (TPSA) is 59.4 Å². The molecular formula is C18H15N5S. The molecule has 0 saturated carbocycles. The lowest BCUT2D eigenvalue weighted by Gasteiger charge is -2.09. The van der Waals surface area contributed by atoms with Crippen molar-refractivity contribution in [1.29, 1.82) is 5.26 Å². The van der Waals surface area contributed by atoms with Crippen molar-refractivity contribution in [3.63, 3.8) is 0 Å². The van der Waals surface area contributed by atoms with Gasteiger partial charge >= 0.3 is 0 Å². The van der Waals surface area contributed by atoms with Crippen LogP contribution in [0.4, 0.5) is 0 Å². The van der Waals surface area contributed by atoms with Crippen molar-refractivity contribution < 1.29 is 0 Å². The molecule has 0 N–H and O–H groups in total. The molecule has 0 amide bonds. The van der Waals surface area contributed by atoms with Crippen LogP contribution in [-0.4, -0.2) is 19.1 Å².